The van der Waals surface area contributed by atoms with Crippen LogP contribution < -0.4 is 0 Å². The molecule has 0 amide bonds. The molecule has 0 atom stereocenters. The van der Waals surface area contributed by atoms with Crippen LogP contribution in [0.1, 0.15) is 13.8 Å². The predicted molar refractivity (Wildman–Crippen MR) is 47.8 cm³/mol. The number of hydrogen-bond acceptors (Lipinski definition) is 4. The molecule has 0 unspecified atom stereocenters. The Hall–Kier alpha value is 0.300. The Morgan fingerprint density at radius 1 is 1.08 bits per heavy atom. The van der Waals surface area contributed by atoms with E-state index in [1.54, 1.807) is 13.8 Å². The van der Waals surface area contributed by atoms with Crippen LogP contribution in [0.5, 0.6) is 0 Å². The molecular formula is C5H14O6P2. The molecule has 0 heterocycles. The summed E-state index contributed by atoms with van der Waals surface area (Å²) in [6.07, 6.45) is 0. The third-order valence-corrected chi connectivity index (χ3v) is 5.17. The highest BCUT2D eigenvalue weighted by Gasteiger charge is 2.33. The fraction of sp³-hybridized carbons (Fsp3) is 1.00. The molecule has 0 aliphatic carbocycles. The second-order valence-corrected chi connectivity index (χ2v) is 6.45. The smallest absolute Gasteiger partial charge is 0.324 e. The molecule has 2 N–H and O–H groups in total. The van der Waals surface area contributed by atoms with Crippen LogP contribution in [0, 0.1) is 0 Å². The molecule has 0 saturated carbocycles. The van der Waals surface area contributed by atoms with Crippen molar-refractivity contribution in [2.24, 2.45) is 0 Å². The summed E-state index contributed by atoms with van der Waals surface area (Å²) in [6.45, 7) is 3.34. The van der Waals surface area contributed by atoms with Gasteiger partial charge in [-0.05, 0) is 13.8 Å². The average Bonchev–Trinajstić information content (AvgIpc) is 1.82. The fourth-order valence-electron chi connectivity index (χ4n) is 0.738. The van der Waals surface area contributed by atoms with Crippen LogP contribution in [-0.2, 0) is 18.2 Å². The molecule has 0 aliphatic rings. The maximum atomic E-state index is 11.5. The molecule has 0 spiro atoms. The van der Waals surface area contributed by atoms with Crippen molar-refractivity contribution >= 4 is 15.2 Å². The highest BCUT2D eigenvalue weighted by molar-refractivity contribution is 7.70. The first kappa shape index (κ1) is 13.3. The lowest BCUT2D eigenvalue weighted by molar-refractivity contribution is 0.222. The summed E-state index contributed by atoms with van der Waals surface area (Å²) >= 11 is 0. The molecule has 8 heteroatoms. The summed E-state index contributed by atoms with van der Waals surface area (Å²) in [4.78, 5) is 17.2. The molecule has 0 rings (SSSR count). The molecule has 0 aromatic rings. The van der Waals surface area contributed by atoms with Gasteiger partial charge in [0.05, 0.1) is 13.2 Å². The summed E-state index contributed by atoms with van der Waals surface area (Å²) in [6, 6.07) is 0. The second kappa shape index (κ2) is 5.25. The SMILES string of the molecule is CCOP(=O)(CP(=O)(O)O)OCC. The monoisotopic (exact) mass is 232 g/mol. The minimum absolute atomic E-state index is 0.0945. The van der Waals surface area contributed by atoms with Crippen molar-refractivity contribution < 1.29 is 28.0 Å². The zero-order valence-electron chi connectivity index (χ0n) is 7.54. The quantitative estimate of drug-likeness (QED) is 0.672. The van der Waals surface area contributed by atoms with E-state index in [0.29, 0.717) is 0 Å². The van der Waals surface area contributed by atoms with Gasteiger partial charge in [-0.1, -0.05) is 0 Å². The molecule has 0 aromatic heterocycles. The van der Waals surface area contributed by atoms with Crippen molar-refractivity contribution in [2.45, 2.75) is 13.8 Å². The maximum Gasteiger partial charge on any atom is 0.342 e. The van der Waals surface area contributed by atoms with E-state index in [1.165, 1.54) is 0 Å². The summed E-state index contributed by atoms with van der Waals surface area (Å²) in [5.41, 5.74) is 0. The van der Waals surface area contributed by atoms with E-state index < -0.39 is 21.1 Å². The molecule has 0 bridgehead atoms. The van der Waals surface area contributed by atoms with Gasteiger partial charge in [-0.25, -0.2) is 0 Å². The normalized spacial score (nSPS) is 13.2. The minimum atomic E-state index is -4.36. The van der Waals surface area contributed by atoms with E-state index in [2.05, 4.69) is 9.05 Å². The van der Waals surface area contributed by atoms with Gasteiger partial charge >= 0.3 is 15.2 Å². The number of rotatable bonds is 6. The molecule has 6 nitrogen and oxygen atoms in total. The fourth-order valence-corrected chi connectivity index (χ4v) is 4.06. The van der Waals surface area contributed by atoms with Crippen molar-refractivity contribution in [3.8, 4) is 0 Å². The Bertz CT molecular complexity index is 223. The van der Waals surface area contributed by atoms with Crippen molar-refractivity contribution in [1.29, 1.82) is 0 Å². The lowest BCUT2D eigenvalue weighted by Gasteiger charge is -2.16. The average molecular weight is 232 g/mol. The molecule has 0 aliphatic heterocycles. The van der Waals surface area contributed by atoms with Gasteiger partial charge in [0.2, 0.25) is 0 Å². The zero-order valence-corrected chi connectivity index (χ0v) is 9.33. The van der Waals surface area contributed by atoms with Gasteiger partial charge in [-0.2, -0.15) is 0 Å². The first-order valence-electron chi connectivity index (χ1n) is 3.75. The molecule has 0 fully saturated rings. The Morgan fingerprint density at radius 3 is 1.69 bits per heavy atom. The van der Waals surface area contributed by atoms with Crippen molar-refractivity contribution in [1.82, 2.24) is 0 Å². The molecule has 80 valence electrons. The summed E-state index contributed by atoms with van der Waals surface area (Å²) in [5.74, 6) is -0.859. The highest BCUT2D eigenvalue weighted by Crippen LogP contribution is 2.58. The minimum Gasteiger partial charge on any atom is -0.324 e. The Morgan fingerprint density at radius 2 is 1.46 bits per heavy atom. The maximum absolute atomic E-state index is 11.5. The topological polar surface area (TPSA) is 93.1 Å². The van der Waals surface area contributed by atoms with E-state index >= 15 is 0 Å². The first-order chi connectivity index (χ1) is 5.83. The lowest BCUT2D eigenvalue weighted by atomic mass is 10.9. The number of hydrogen-bond donors (Lipinski definition) is 2. The second-order valence-electron chi connectivity index (χ2n) is 2.25. The van der Waals surface area contributed by atoms with Crippen LogP contribution in [0.3, 0.4) is 0 Å². The standard InChI is InChI=1S/C5H14O6P2/c1-3-10-13(9,11-4-2)5-12(6,7)8/h3-5H2,1-2H3,(H2,6,7,8). The van der Waals surface area contributed by atoms with Crippen molar-refractivity contribution in [3.05, 3.63) is 0 Å². The van der Waals surface area contributed by atoms with Crippen LogP contribution >= 0.6 is 15.2 Å². The van der Waals surface area contributed by atoms with Gasteiger partial charge in [0.15, 0.2) is 5.90 Å². The largest absolute Gasteiger partial charge is 0.342 e. The lowest BCUT2D eigenvalue weighted by Crippen LogP contribution is -2.00. The van der Waals surface area contributed by atoms with E-state index in [4.69, 9.17) is 9.79 Å². The van der Waals surface area contributed by atoms with Crippen LogP contribution in [0.15, 0.2) is 0 Å². The van der Waals surface area contributed by atoms with Crippen LogP contribution in [0.2, 0.25) is 0 Å². The van der Waals surface area contributed by atoms with Gasteiger partial charge in [0, 0.05) is 0 Å². The highest BCUT2D eigenvalue weighted by atomic mass is 31.2. The van der Waals surface area contributed by atoms with E-state index in [-0.39, 0.29) is 13.2 Å². The van der Waals surface area contributed by atoms with E-state index in [9.17, 15) is 9.13 Å². The molecular weight excluding hydrogens is 218 g/mol. The van der Waals surface area contributed by atoms with Crippen LogP contribution in [0.25, 0.3) is 0 Å². The Kier molecular flexibility index (Phi) is 5.37. The van der Waals surface area contributed by atoms with Crippen LogP contribution in [-0.4, -0.2) is 28.9 Å². The first-order valence-corrected chi connectivity index (χ1v) is 7.28. The van der Waals surface area contributed by atoms with Crippen molar-refractivity contribution in [2.75, 3.05) is 19.1 Å². The van der Waals surface area contributed by atoms with Crippen LogP contribution in [0.4, 0.5) is 0 Å². The molecule has 0 aromatic carbocycles. The predicted octanol–water partition coefficient (Wildman–Crippen LogP) is 1.39. The molecule has 0 radical (unpaired) electrons. The van der Waals surface area contributed by atoms with Gasteiger partial charge in [-0.15, -0.1) is 0 Å². The third-order valence-electron chi connectivity index (χ3n) is 1.01. The molecule has 13 heavy (non-hydrogen) atoms. The summed E-state index contributed by atoms with van der Waals surface area (Å²) in [7, 11) is -7.96. The summed E-state index contributed by atoms with van der Waals surface area (Å²) < 4.78 is 31.4. The third kappa shape index (κ3) is 6.38. The molecule has 0 saturated heterocycles. The Labute approximate surface area is 76.9 Å². The van der Waals surface area contributed by atoms with Gasteiger partial charge in [-0.3, -0.25) is 9.13 Å². The van der Waals surface area contributed by atoms with Gasteiger partial charge in [0.1, 0.15) is 0 Å². The van der Waals surface area contributed by atoms with Gasteiger partial charge in [0.25, 0.3) is 0 Å². The zero-order chi connectivity index (χ0) is 10.5. The van der Waals surface area contributed by atoms with Gasteiger partial charge < -0.3 is 18.8 Å². The summed E-state index contributed by atoms with van der Waals surface area (Å²) in [5, 5.41) is 0. The van der Waals surface area contributed by atoms with E-state index in [0.717, 1.165) is 0 Å². The Balaban J connectivity index is 4.42. The van der Waals surface area contributed by atoms with E-state index in [1.807, 2.05) is 0 Å². The van der Waals surface area contributed by atoms with Crippen molar-refractivity contribution in [3.63, 3.8) is 0 Å².